The molecule has 0 spiro atoms. The first kappa shape index (κ1) is 14.1. The van der Waals surface area contributed by atoms with Crippen molar-refractivity contribution in [2.75, 3.05) is 18.0 Å². The smallest absolute Gasteiger partial charge is 0.139 e. The lowest BCUT2D eigenvalue weighted by molar-refractivity contribution is 0.148. The van der Waals surface area contributed by atoms with Crippen molar-refractivity contribution in [2.24, 2.45) is 5.92 Å². The fourth-order valence-corrected chi connectivity index (χ4v) is 3.29. The Morgan fingerprint density at radius 3 is 2.83 bits per heavy atom. The highest BCUT2D eigenvalue weighted by Crippen LogP contribution is 2.29. The number of aliphatic hydroxyl groups is 1. The molecule has 0 amide bonds. The van der Waals surface area contributed by atoms with Gasteiger partial charge >= 0.3 is 0 Å². The number of benzene rings is 1. The molecule has 5 nitrogen and oxygen atoms in total. The van der Waals surface area contributed by atoms with Crippen LogP contribution in [0.4, 0.5) is 5.82 Å². The Morgan fingerprint density at radius 1 is 1.09 bits per heavy atom. The van der Waals surface area contributed by atoms with Crippen LogP contribution in [0.5, 0.6) is 0 Å². The maximum Gasteiger partial charge on any atom is 0.139 e. The summed E-state index contributed by atoms with van der Waals surface area (Å²) in [6.45, 7) is 1.38. The molecule has 0 radical (unpaired) electrons. The second-order valence-corrected chi connectivity index (χ2v) is 6.01. The highest BCUT2D eigenvalue weighted by atomic mass is 16.3. The number of hydrogen-bond donors (Lipinski definition) is 1. The molecule has 116 valence electrons. The maximum atomic E-state index is 10.5. The van der Waals surface area contributed by atoms with Crippen molar-refractivity contribution >= 4 is 16.7 Å². The summed E-state index contributed by atoms with van der Waals surface area (Å²) in [7, 11) is 0. The van der Waals surface area contributed by atoms with E-state index in [0.717, 1.165) is 29.7 Å². The molecule has 5 heteroatoms. The molecular weight excluding hydrogens is 288 g/mol. The number of pyridine rings is 1. The van der Waals surface area contributed by atoms with Gasteiger partial charge in [0, 0.05) is 31.4 Å². The van der Waals surface area contributed by atoms with E-state index in [4.69, 9.17) is 0 Å². The number of anilines is 1. The van der Waals surface area contributed by atoms with E-state index in [1.165, 1.54) is 5.56 Å². The van der Waals surface area contributed by atoms with Gasteiger partial charge in [-0.15, -0.1) is 0 Å². The van der Waals surface area contributed by atoms with Gasteiger partial charge in [0.1, 0.15) is 12.1 Å². The number of nitrogens with zero attached hydrogens (tertiary/aromatic N) is 4. The fraction of sp³-hybridized carbons (Fsp3) is 0.278. The van der Waals surface area contributed by atoms with Gasteiger partial charge in [-0.1, -0.05) is 30.3 Å². The third-order valence-electron chi connectivity index (χ3n) is 4.46. The zero-order valence-electron chi connectivity index (χ0n) is 12.7. The first-order valence-corrected chi connectivity index (χ1v) is 7.83. The summed E-state index contributed by atoms with van der Waals surface area (Å²) in [6.07, 6.45) is 5.63. The zero-order chi connectivity index (χ0) is 15.6. The van der Waals surface area contributed by atoms with Crippen molar-refractivity contribution in [3.05, 3.63) is 60.7 Å². The topological polar surface area (TPSA) is 62.1 Å². The summed E-state index contributed by atoms with van der Waals surface area (Å²) in [6, 6.07) is 12.2. The Labute approximate surface area is 134 Å². The molecule has 2 atom stereocenters. The average Bonchev–Trinajstić information content (AvgIpc) is 2.96. The predicted octanol–water partition coefficient (Wildman–Crippen LogP) is 2.06. The molecule has 0 unspecified atom stereocenters. The molecule has 0 saturated carbocycles. The van der Waals surface area contributed by atoms with Gasteiger partial charge in [0.05, 0.1) is 17.0 Å². The first-order chi connectivity index (χ1) is 11.3. The lowest BCUT2D eigenvalue weighted by atomic mass is 9.97. The minimum absolute atomic E-state index is 0.207. The molecule has 1 aliphatic heterocycles. The van der Waals surface area contributed by atoms with E-state index in [9.17, 15) is 5.11 Å². The van der Waals surface area contributed by atoms with E-state index in [2.05, 4.69) is 32.0 Å². The molecule has 1 saturated heterocycles. The molecule has 1 aromatic carbocycles. The molecule has 0 aliphatic carbocycles. The second kappa shape index (κ2) is 5.93. The van der Waals surface area contributed by atoms with E-state index in [1.807, 2.05) is 24.3 Å². The Hall–Kier alpha value is -2.53. The SMILES string of the molecule is O[C@@H]1CN(c2nccc3ncncc23)C[C@H]1Cc1ccccc1. The molecule has 4 rings (SSSR count). The summed E-state index contributed by atoms with van der Waals surface area (Å²) >= 11 is 0. The monoisotopic (exact) mass is 306 g/mol. The van der Waals surface area contributed by atoms with Gasteiger partial charge in [0.2, 0.25) is 0 Å². The van der Waals surface area contributed by atoms with Crippen molar-refractivity contribution in [3.8, 4) is 0 Å². The first-order valence-electron chi connectivity index (χ1n) is 7.83. The summed E-state index contributed by atoms with van der Waals surface area (Å²) in [5.41, 5.74) is 2.14. The van der Waals surface area contributed by atoms with Gasteiger partial charge in [-0.05, 0) is 18.1 Å². The van der Waals surface area contributed by atoms with Crippen LogP contribution in [0.15, 0.2) is 55.1 Å². The number of rotatable bonds is 3. The van der Waals surface area contributed by atoms with E-state index in [0.29, 0.717) is 6.54 Å². The Morgan fingerprint density at radius 2 is 1.96 bits per heavy atom. The molecule has 3 heterocycles. The predicted molar refractivity (Wildman–Crippen MR) is 89.2 cm³/mol. The number of β-amino-alcohol motifs (C(OH)–C–C–N with tert-alkyl or cyclic N) is 1. The largest absolute Gasteiger partial charge is 0.391 e. The van der Waals surface area contributed by atoms with Gasteiger partial charge in [-0.25, -0.2) is 15.0 Å². The van der Waals surface area contributed by atoms with Crippen LogP contribution in [0.3, 0.4) is 0 Å². The highest BCUT2D eigenvalue weighted by molar-refractivity contribution is 5.88. The summed E-state index contributed by atoms with van der Waals surface area (Å²) in [4.78, 5) is 15.0. The second-order valence-electron chi connectivity index (χ2n) is 6.01. The molecular formula is C18H18N4O. The van der Waals surface area contributed by atoms with Crippen LogP contribution in [0.1, 0.15) is 5.56 Å². The van der Waals surface area contributed by atoms with E-state index in [-0.39, 0.29) is 12.0 Å². The number of aliphatic hydroxyl groups excluding tert-OH is 1. The average molecular weight is 306 g/mol. The number of aromatic nitrogens is 3. The third kappa shape index (κ3) is 2.75. The van der Waals surface area contributed by atoms with Crippen LogP contribution < -0.4 is 4.90 Å². The van der Waals surface area contributed by atoms with Crippen molar-refractivity contribution in [1.82, 2.24) is 15.0 Å². The minimum Gasteiger partial charge on any atom is -0.391 e. The van der Waals surface area contributed by atoms with Crippen molar-refractivity contribution in [1.29, 1.82) is 0 Å². The summed E-state index contributed by atoms with van der Waals surface area (Å²) in [5, 5.41) is 11.4. The maximum absolute atomic E-state index is 10.5. The molecule has 0 bridgehead atoms. The van der Waals surface area contributed by atoms with E-state index >= 15 is 0 Å². The molecule has 23 heavy (non-hydrogen) atoms. The molecule has 1 N–H and O–H groups in total. The van der Waals surface area contributed by atoms with Crippen LogP contribution in [0.2, 0.25) is 0 Å². The van der Waals surface area contributed by atoms with Gasteiger partial charge in [-0.2, -0.15) is 0 Å². The van der Waals surface area contributed by atoms with Crippen molar-refractivity contribution in [3.63, 3.8) is 0 Å². The zero-order valence-corrected chi connectivity index (χ0v) is 12.7. The Balaban J connectivity index is 1.59. The van der Waals surface area contributed by atoms with Crippen LogP contribution in [0.25, 0.3) is 10.9 Å². The van der Waals surface area contributed by atoms with Crippen LogP contribution in [-0.4, -0.2) is 39.3 Å². The fourth-order valence-electron chi connectivity index (χ4n) is 3.29. The van der Waals surface area contributed by atoms with E-state index in [1.54, 1.807) is 18.7 Å². The van der Waals surface area contributed by atoms with Gasteiger partial charge in [-0.3, -0.25) is 0 Å². The Kier molecular flexibility index (Phi) is 3.63. The molecule has 3 aromatic rings. The molecule has 1 fully saturated rings. The highest BCUT2D eigenvalue weighted by Gasteiger charge is 2.32. The molecule has 2 aromatic heterocycles. The third-order valence-corrected chi connectivity index (χ3v) is 4.46. The number of hydrogen-bond acceptors (Lipinski definition) is 5. The lowest BCUT2D eigenvalue weighted by Gasteiger charge is -2.18. The lowest BCUT2D eigenvalue weighted by Crippen LogP contribution is -2.22. The van der Waals surface area contributed by atoms with Crippen molar-refractivity contribution in [2.45, 2.75) is 12.5 Å². The summed E-state index contributed by atoms with van der Waals surface area (Å²) < 4.78 is 0. The minimum atomic E-state index is -0.350. The Bertz CT molecular complexity index is 803. The van der Waals surface area contributed by atoms with Crippen molar-refractivity contribution < 1.29 is 5.11 Å². The van der Waals surface area contributed by atoms with Gasteiger partial charge < -0.3 is 10.0 Å². The van der Waals surface area contributed by atoms with E-state index < -0.39 is 0 Å². The van der Waals surface area contributed by atoms with Crippen LogP contribution in [0, 0.1) is 5.92 Å². The van der Waals surface area contributed by atoms with Crippen LogP contribution in [-0.2, 0) is 6.42 Å². The van der Waals surface area contributed by atoms with Crippen LogP contribution >= 0.6 is 0 Å². The van der Waals surface area contributed by atoms with Gasteiger partial charge in [0.15, 0.2) is 0 Å². The standard InChI is InChI=1S/C18H18N4O/c23-17-11-22(10-14(17)8-13-4-2-1-3-5-13)18-15-9-19-12-21-16(15)6-7-20-18/h1-7,9,12,14,17,23H,8,10-11H2/t14-,17-/m1/s1. The van der Waals surface area contributed by atoms with Gasteiger partial charge in [0.25, 0.3) is 0 Å². The quantitative estimate of drug-likeness (QED) is 0.802. The normalized spacial score (nSPS) is 21.0. The summed E-state index contributed by atoms with van der Waals surface area (Å²) in [5.74, 6) is 1.07. The molecule has 1 aliphatic rings. The number of fused-ring (bicyclic) bond motifs is 1.